The van der Waals surface area contributed by atoms with Crippen LogP contribution >= 0.6 is 0 Å². The van der Waals surface area contributed by atoms with Crippen molar-refractivity contribution in [1.29, 1.82) is 0 Å². The molecule has 2 heterocycles. The molecule has 118 valence electrons. The van der Waals surface area contributed by atoms with E-state index < -0.39 is 0 Å². The number of anilines is 1. The van der Waals surface area contributed by atoms with Gasteiger partial charge >= 0.3 is 0 Å². The van der Waals surface area contributed by atoms with Crippen molar-refractivity contribution in [2.45, 2.75) is 33.1 Å². The normalized spacial score (nSPS) is 23.2. The largest absolute Gasteiger partial charge is 0.342 e. The van der Waals surface area contributed by atoms with Crippen molar-refractivity contribution in [3.63, 3.8) is 0 Å². The van der Waals surface area contributed by atoms with Crippen LogP contribution in [0.25, 0.3) is 0 Å². The first-order valence-corrected chi connectivity index (χ1v) is 8.20. The molecular weight excluding hydrogens is 276 g/mol. The van der Waals surface area contributed by atoms with Crippen LogP contribution in [-0.2, 0) is 9.59 Å². The van der Waals surface area contributed by atoms with Crippen molar-refractivity contribution in [3.05, 3.63) is 29.8 Å². The van der Waals surface area contributed by atoms with Gasteiger partial charge in [-0.3, -0.25) is 9.59 Å². The molecule has 3 rings (SSSR count). The van der Waals surface area contributed by atoms with Crippen LogP contribution < -0.4 is 4.90 Å². The van der Waals surface area contributed by atoms with Crippen LogP contribution in [0.2, 0.25) is 0 Å². The van der Waals surface area contributed by atoms with Crippen LogP contribution in [0.1, 0.15) is 31.7 Å². The van der Waals surface area contributed by atoms with Crippen molar-refractivity contribution in [2.75, 3.05) is 24.5 Å². The maximum atomic E-state index is 12.6. The number of likely N-dealkylation sites (tertiary alicyclic amines) is 1. The highest BCUT2D eigenvalue weighted by molar-refractivity contribution is 6.00. The molecule has 1 aromatic carbocycles. The van der Waals surface area contributed by atoms with E-state index in [1.54, 1.807) is 4.90 Å². The van der Waals surface area contributed by atoms with Gasteiger partial charge in [-0.15, -0.1) is 0 Å². The van der Waals surface area contributed by atoms with Crippen LogP contribution in [-0.4, -0.2) is 36.3 Å². The standard InChI is InChI=1S/C18H24N2O2/c1-13-6-8-19(9-7-13)18(22)15-11-17(21)20(12-15)16-5-3-4-14(2)10-16/h3-5,10,13,15H,6-9,11-12H2,1-2H3/t15-/m0/s1. The van der Waals surface area contributed by atoms with E-state index in [4.69, 9.17) is 0 Å². The maximum absolute atomic E-state index is 12.6. The molecule has 2 aliphatic rings. The van der Waals surface area contributed by atoms with Crippen molar-refractivity contribution < 1.29 is 9.59 Å². The molecule has 1 atom stereocenters. The summed E-state index contributed by atoms with van der Waals surface area (Å²) < 4.78 is 0. The van der Waals surface area contributed by atoms with Gasteiger partial charge in [-0.05, 0) is 43.4 Å². The third-order valence-electron chi connectivity index (χ3n) is 4.88. The third-order valence-corrected chi connectivity index (χ3v) is 4.88. The number of hydrogen-bond acceptors (Lipinski definition) is 2. The number of amides is 2. The van der Waals surface area contributed by atoms with Gasteiger partial charge in [0, 0.05) is 31.7 Å². The molecule has 1 aromatic rings. The summed E-state index contributed by atoms with van der Waals surface area (Å²) >= 11 is 0. The summed E-state index contributed by atoms with van der Waals surface area (Å²) in [5.41, 5.74) is 2.04. The highest BCUT2D eigenvalue weighted by Crippen LogP contribution is 2.28. The second-order valence-electron chi connectivity index (χ2n) is 6.75. The molecule has 2 fully saturated rings. The quantitative estimate of drug-likeness (QED) is 0.842. The lowest BCUT2D eigenvalue weighted by Crippen LogP contribution is -2.42. The Bertz CT molecular complexity index is 576. The second kappa shape index (κ2) is 6.11. The fourth-order valence-corrected chi connectivity index (χ4v) is 3.41. The molecule has 0 unspecified atom stereocenters. The maximum Gasteiger partial charge on any atom is 0.228 e. The highest BCUT2D eigenvalue weighted by Gasteiger charge is 2.37. The molecule has 0 N–H and O–H groups in total. The predicted octanol–water partition coefficient (Wildman–Crippen LogP) is 2.61. The number of rotatable bonds is 2. The summed E-state index contributed by atoms with van der Waals surface area (Å²) in [6.07, 6.45) is 2.50. The number of piperidine rings is 1. The van der Waals surface area contributed by atoms with E-state index >= 15 is 0 Å². The van der Waals surface area contributed by atoms with Crippen LogP contribution in [0.4, 0.5) is 5.69 Å². The first-order chi connectivity index (χ1) is 10.5. The predicted molar refractivity (Wildman–Crippen MR) is 86.6 cm³/mol. The number of aryl methyl sites for hydroxylation is 1. The highest BCUT2D eigenvalue weighted by atomic mass is 16.2. The Labute approximate surface area is 132 Å². The smallest absolute Gasteiger partial charge is 0.228 e. The Morgan fingerprint density at radius 3 is 2.64 bits per heavy atom. The van der Waals surface area contributed by atoms with E-state index in [9.17, 15) is 9.59 Å². The summed E-state index contributed by atoms with van der Waals surface area (Å²) in [4.78, 5) is 28.7. The molecular formula is C18H24N2O2. The first kappa shape index (κ1) is 15.1. The SMILES string of the molecule is Cc1cccc(N2C[C@@H](C(=O)N3CCC(C)CC3)CC2=O)c1. The molecule has 22 heavy (non-hydrogen) atoms. The zero-order valence-corrected chi connectivity index (χ0v) is 13.4. The molecule has 4 heteroatoms. The monoisotopic (exact) mass is 300 g/mol. The minimum atomic E-state index is -0.179. The summed E-state index contributed by atoms with van der Waals surface area (Å²) in [6.45, 7) is 6.46. The fraction of sp³-hybridized carbons (Fsp3) is 0.556. The number of carbonyl (C=O) groups is 2. The molecule has 2 aliphatic heterocycles. The van der Waals surface area contributed by atoms with E-state index in [0.717, 1.165) is 37.2 Å². The summed E-state index contributed by atoms with van der Waals surface area (Å²) in [5, 5.41) is 0. The molecule has 0 aromatic heterocycles. The van der Waals surface area contributed by atoms with Crippen molar-refractivity contribution in [3.8, 4) is 0 Å². The number of hydrogen-bond donors (Lipinski definition) is 0. The van der Waals surface area contributed by atoms with E-state index in [1.807, 2.05) is 36.1 Å². The summed E-state index contributed by atoms with van der Waals surface area (Å²) in [7, 11) is 0. The Morgan fingerprint density at radius 2 is 1.95 bits per heavy atom. The minimum absolute atomic E-state index is 0.0642. The van der Waals surface area contributed by atoms with Crippen LogP contribution in [0.5, 0.6) is 0 Å². The Morgan fingerprint density at radius 1 is 1.23 bits per heavy atom. The van der Waals surface area contributed by atoms with Gasteiger partial charge in [0.15, 0.2) is 0 Å². The van der Waals surface area contributed by atoms with Gasteiger partial charge in [-0.1, -0.05) is 19.1 Å². The average Bonchev–Trinajstić information content (AvgIpc) is 2.89. The van der Waals surface area contributed by atoms with Gasteiger partial charge in [0.1, 0.15) is 0 Å². The minimum Gasteiger partial charge on any atom is -0.342 e. The average molecular weight is 300 g/mol. The Kier molecular flexibility index (Phi) is 4.19. The topological polar surface area (TPSA) is 40.6 Å². The molecule has 4 nitrogen and oxygen atoms in total. The summed E-state index contributed by atoms with van der Waals surface area (Å²) in [5.74, 6) is 0.754. The van der Waals surface area contributed by atoms with Crippen LogP contribution in [0.15, 0.2) is 24.3 Å². The summed E-state index contributed by atoms with van der Waals surface area (Å²) in [6, 6.07) is 7.92. The number of carbonyl (C=O) groups excluding carboxylic acids is 2. The van der Waals surface area contributed by atoms with Gasteiger partial charge in [0.05, 0.1) is 5.92 Å². The van der Waals surface area contributed by atoms with Gasteiger partial charge in [-0.25, -0.2) is 0 Å². The zero-order valence-electron chi connectivity index (χ0n) is 13.4. The fourth-order valence-electron chi connectivity index (χ4n) is 3.41. The Hall–Kier alpha value is -1.84. The number of benzene rings is 1. The van der Waals surface area contributed by atoms with Crippen LogP contribution in [0.3, 0.4) is 0 Å². The van der Waals surface area contributed by atoms with Gasteiger partial charge in [-0.2, -0.15) is 0 Å². The molecule has 0 radical (unpaired) electrons. The van der Waals surface area contributed by atoms with E-state index in [1.165, 1.54) is 0 Å². The van der Waals surface area contributed by atoms with Gasteiger partial charge in [0.2, 0.25) is 11.8 Å². The number of nitrogens with zero attached hydrogens (tertiary/aromatic N) is 2. The van der Waals surface area contributed by atoms with Gasteiger partial charge in [0.25, 0.3) is 0 Å². The molecule has 2 saturated heterocycles. The zero-order chi connectivity index (χ0) is 15.7. The van der Waals surface area contributed by atoms with Gasteiger partial charge < -0.3 is 9.80 Å². The van der Waals surface area contributed by atoms with Crippen LogP contribution in [0, 0.1) is 18.8 Å². The lowest BCUT2D eigenvalue weighted by molar-refractivity contribution is -0.137. The molecule has 0 bridgehead atoms. The van der Waals surface area contributed by atoms with E-state index in [0.29, 0.717) is 18.9 Å². The molecule has 2 amide bonds. The van der Waals surface area contributed by atoms with Crippen molar-refractivity contribution in [1.82, 2.24) is 4.90 Å². The third kappa shape index (κ3) is 3.01. The Balaban J connectivity index is 1.68. The van der Waals surface area contributed by atoms with E-state index in [2.05, 4.69) is 6.92 Å². The van der Waals surface area contributed by atoms with Crippen molar-refractivity contribution in [2.24, 2.45) is 11.8 Å². The molecule has 0 saturated carbocycles. The first-order valence-electron chi connectivity index (χ1n) is 8.20. The van der Waals surface area contributed by atoms with Crippen molar-refractivity contribution >= 4 is 17.5 Å². The molecule has 0 spiro atoms. The lowest BCUT2D eigenvalue weighted by atomic mass is 9.97. The second-order valence-corrected chi connectivity index (χ2v) is 6.75. The van der Waals surface area contributed by atoms with E-state index in [-0.39, 0.29) is 17.7 Å². The molecule has 0 aliphatic carbocycles. The lowest BCUT2D eigenvalue weighted by Gasteiger charge is -2.32.